The number of likely N-dealkylation sites (tertiary alicyclic amines) is 1. The van der Waals surface area contributed by atoms with E-state index in [4.69, 9.17) is 16.7 Å². The lowest BCUT2D eigenvalue weighted by atomic mass is 9.76. The van der Waals surface area contributed by atoms with Gasteiger partial charge in [-0.25, -0.2) is 4.39 Å². The smallest absolute Gasteiger partial charge is 0.320 e. The summed E-state index contributed by atoms with van der Waals surface area (Å²) in [6.45, 7) is 1.65. The molecule has 124 valence electrons. The standard InChI is InChI=1S/C16H18ClFN2O3/c17-10-1-2-12(18)11(7-10)14(21)20-5-3-16(4-6-20)8-13(15(22)23)19-9-16/h1-2,7,13,19H,3-6,8-9H2,(H,22,23). The number of carboxylic acid groups (broad SMARTS) is 1. The topological polar surface area (TPSA) is 69.6 Å². The molecular weight excluding hydrogens is 323 g/mol. The van der Waals surface area contributed by atoms with Crippen molar-refractivity contribution >= 4 is 23.5 Å². The number of benzene rings is 1. The molecule has 0 radical (unpaired) electrons. The molecule has 7 heteroatoms. The van der Waals surface area contributed by atoms with Gasteiger partial charge in [-0.05, 0) is 42.9 Å². The summed E-state index contributed by atoms with van der Waals surface area (Å²) in [5.74, 6) is -1.77. The molecule has 1 spiro atoms. The second-order valence-electron chi connectivity index (χ2n) is 6.39. The maximum Gasteiger partial charge on any atom is 0.320 e. The number of amides is 1. The van der Waals surface area contributed by atoms with Crippen LogP contribution in [0.2, 0.25) is 5.02 Å². The third kappa shape index (κ3) is 3.19. The fourth-order valence-electron chi connectivity index (χ4n) is 3.49. The van der Waals surface area contributed by atoms with Crippen molar-refractivity contribution in [3.8, 4) is 0 Å². The van der Waals surface area contributed by atoms with Crippen molar-refractivity contribution in [2.75, 3.05) is 19.6 Å². The molecule has 2 heterocycles. The molecule has 1 atom stereocenters. The molecule has 2 fully saturated rings. The van der Waals surface area contributed by atoms with Crippen molar-refractivity contribution in [3.63, 3.8) is 0 Å². The summed E-state index contributed by atoms with van der Waals surface area (Å²) < 4.78 is 13.8. The molecule has 0 aliphatic carbocycles. The minimum Gasteiger partial charge on any atom is -0.480 e. The largest absolute Gasteiger partial charge is 0.480 e. The van der Waals surface area contributed by atoms with Crippen LogP contribution in [-0.2, 0) is 4.79 Å². The van der Waals surface area contributed by atoms with Crippen LogP contribution >= 0.6 is 11.6 Å². The third-order valence-corrected chi connectivity index (χ3v) is 5.16. The van der Waals surface area contributed by atoms with Gasteiger partial charge in [0.25, 0.3) is 5.91 Å². The van der Waals surface area contributed by atoms with E-state index in [9.17, 15) is 14.0 Å². The van der Waals surface area contributed by atoms with Gasteiger partial charge in [-0.15, -0.1) is 0 Å². The maximum atomic E-state index is 13.8. The summed E-state index contributed by atoms with van der Waals surface area (Å²) in [6.07, 6.45) is 2.02. The van der Waals surface area contributed by atoms with E-state index in [2.05, 4.69) is 5.32 Å². The Kier molecular flexibility index (Phi) is 4.29. The zero-order valence-corrected chi connectivity index (χ0v) is 13.3. The van der Waals surface area contributed by atoms with Crippen molar-refractivity contribution in [1.29, 1.82) is 0 Å². The van der Waals surface area contributed by atoms with Crippen LogP contribution in [0.15, 0.2) is 18.2 Å². The number of nitrogens with one attached hydrogen (secondary N) is 1. The first-order valence-corrected chi connectivity index (χ1v) is 7.99. The van der Waals surface area contributed by atoms with E-state index in [1.54, 1.807) is 4.90 Å². The Balaban J connectivity index is 1.66. The van der Waals surface area contributed by atoms with E-state index < -0.39 is 17.8 Å². The highest BCUT2D eigenvalue weighted by Gasteiger charge is 2.44. The number of nitrogens with zero attached hydrogens (tertiary/aromatic N) is 1. The molecule has 0 aromatic heterocycles. The van der Waals surface area contributed by atoms with Crippen molar-refractivity contribution in [1.82, 2.24) is 10.2 Å². The number of carbonyl (C=O) groups excluding carboxylic acids is 1. The second-order valence-corrected chi connectivity index (χ2v) is 6.83. The van der Waals surface area contributed by atoms with Gasteiger partial charge in [0.1, 0.15) is 11.9 Å². The van der Waals surface area contributed by atoms with E-state index in [1.165, 1.54) is 18.2 Å². The highest BCUT2D eigenvalue weighted by atomic mass is 35.5. The average Bonchev–Trinajstić information content (AvgIpc) is 2.94. The van der Waals surface area contributed by atoms with Gasteiger partial charge in [0, 0.05) is 24.7 Å². The molecule has 1 aromatic carbocycles. The molecular formula is C16H18ClFN2O3. The van der Waals surface area contributed by atoms with Crippen molar-refractivity contribution in [2.24, 2.45) is 5.41 Å². The molecule has 23 heavy (non-hydrogen) atoms. The Morgan fingerprint density at radius 1 is 1.35 bits per heavy atom. The number of hydrogen-bond donors (Lipinski definition) is 2. The number of carboxylic acids is 1. The number of piperidine rings is 1. The Labute approximate surface area is 138 Å². The van der Waals surface area contributed by atoms with Gasteiger partial charge in [0.15, 0.2) is 0 Å². The Morgan fingerprint density at radius 3 is 2.65 bits per heavy atom. The Hall–Kier alpha value is -1.66. The van der Waals surface area contributed by atoms with Crippen LogP contribution in [0.1, 0.15) is 29.6 Å². The van der Waals surface area contributed by atoms with Gasteiger partial charge in [-0.2, -0.15) is 0 Å². The molecule has 1 unspecified atom stereocenters. The van der Waals surface area contributed by atoms with Crippen molar-refractivity contribution < 1.29 is 19.1 Å². The first-order valence-electron chi connectivity index (χ1n) is 7.61. The normalized spacial score (nSPS) is 23.2. The lowest BCUT2D eigenvalue weighted by Gasteiger charge is -2.39. The summed E-state index contributed by atoms with van der Waals surface area (Å²) in [5.41, 5.74) is -0.0893. The third-order valence-electron chi connectivity index (χ3n) is 4.93. The minimum atomic E-state index is -0.832. The van der Waals surface area contributed by atoms with Crippen molar-refractivity contribution in [2.45, 2.75) is 25.3 Å². The van der Waals surface area contributed by atoms with E-state index in [1.807, 2.05) is 0 Å². The van der Waals surface area contributed by atoms with E-state index in [-0.39, 0.29) is 16.9 Å². The van der Waals surface area contributed by atoms with Crippen LogP contribution in [0.4, 0.5) is 4.39 Å². The van der Waals surface area contributed by atoms with Crippen LogP contribution in [-0.4, -0.2) is 47.6 Å². The zero-order chi connectivity index (χ0) is 16.6. The first-order chi connectivity index (χ1) is 10.9. The van der Waals surface area contributed by atoms with Gasteiger partial charge < -0.3 is 15.3 Å². The first kappa shape index (κ1) is 16.2. The molecule has 1 amide bonds. The minimum absolute atomic E-state index is 0.0126. The predicted octanol–water partition coefficient (Wildman–Crippen LogP) is 2.15. The summed E-state index contributed by atoms with van der Waals surface area (Å²) >= 11 is 5.84. The summed E-state index contributed by atoms with van der Waals surface area (Å²) in [4.78, 5) is 25.2. The Morgan fingerprint density at radius 2 is 2.04 bits per heavy atom. The highest BCUT2D eigenvalue weighted by molar-refractivity contribution is 6.31. The van der Waals surface area contributed by atoms with Gasteiger partial charge in [-0.3, -0.25) is 9.59 Å². The SMILES string of the molecule is O=C(O)C1CC2(CCN(C(=O)c3cc(Cl)ccc3F)CC2)CN1. The number of halogens is 2. The molecule has 2 aliphatic rings. The summed E-state index contributed by atoms with van der Waals surface area (Å²) in [7, 11) is 0. The predicted molar refractivity (Wildman–Crippen MR) is 83.0 cm³/mol. The molecule has 0 saturated carbocycles. The molecule has 2 saturated heterocycles. The Bertz CT molecular complexity index is 644. The lowest BCUT2D eigenvalue weighted by Crippen LogP contribution is -2.44. The second kappa shape index (κ2) is 6.09. The zero-order valence-electron chi connectivity index (χ0n) is 12.5. The molecule has 1 aromatic rings. The van der Waals surface area contributed by atoms with Crippen molar-refractivity contribution in [3.05, 3.63) is 34.6 Å². The number of rotatable bonds is 2. The highest BCUT2D eigenvalue weighted by Crippen LogP contribution is 2.39. The van der Waals surface area contributed by atoms with Gasteiger partial charge in [0.2, 0.25) is 0 Å². The molecule has 0 bridgehead atoms. The van der Waals surface area contributed by atoms with Crippen LogP contribution < -0.4 is 5.32 Å². The van der Waals surface area contributed by atoms with Crippen LogP contribution in [0.25, 0.3) is 0 Å². The van der Waals surface area contributed by atoms with Crippen LogP contribution in [0, 0.1) is 11.2 Å². The van der Waals surface area contributed by atoms with Crippen LogP contribution in [0.5, 0.6) is 0 Å². The summed E-state index contributed by atoms with van der Waals surface area (Å²) in [5, 5.41) is 12.4. The summed E-state index contributed by atoms with van der Waals surface area (Å²) in [6, 6.07) is 3.44. The van der Waals surface area contributed by atoms with E-state index in [0.29, 0.717) is 31.1 Å². The van der Waals surface area contributed by atoms with E-state index in [0.717, 1.165) is 12.8 Å². The number of aliphatic carboxylic acids is 1. The monoisotopic (exact) mass is 340 g/mol. The van der Waals surface area contributed by atoms with Crippen LogP contribution in [0.3, 0.4) is 0 Å². The molecule has 2 N–H and O–H groups in total. The number of carbonyl (C=O) groups is 2. The lowest BCUT2D eigenvalue weighted by molar-refractivity contribution is -0.139. The van der Waals surface area contributed by atoms with E-state index >= 15 is 0 Å². The molecule has 3 rings (SSSR count). The molecule has 5 nitrogen and oxygen atoms in total. The fraction of sp³-hybridized carbons (Fsp3) is 0.500. The quantitative estimate of drug-likeness (QED) is 0.865. The average molecular weight is 341 g/mol. The van der Waals surface area contributed by atoms with Gasteiger partial charge >= 0.3 is 5.97 Å². The van der Waals surface area contributed by atoms with Gasteiger partial charge in [0.05, 0.1) is 5.56 Å². The molecule has 2 aliphatic heterocycles. The van der Waals surface area contributed by atoms with Gasteiger partial charge in [-0.1, -0.05) is 11.6 Å². The number of hydrogen-bond acceptors (Lipinski definition) is 3. The fourth-order valence-corrected chi connectivity index (χ4v) is 3.66. The maximum absolute atomic E-state index is 13.8.